The zero-order valence-electron chi connectivity index (χ0n) is 15.3. The van der Waals surface area contributed by atoms with Crippen LogP contribution in [0, 0.1) is 13.8 Å². The van der Waals surface area contributed by atoms with Crippen LogP contribution in [0.1, 0.15) is 30.3 Å². The zero-order chi connectivity index (χ0) is 18.1. The predicted molar refractivity (Wildman–Crippen MR) is 99.6 cm³/mol. The minimum Gasteiger partial charge on any atom is -0.342 e. The first-order valence-corrected chi connectivity index (χ1v) is 8.63. The lowest BCUT2D eigenvalue weighted by Gasteiger charge is -2.24. The molecule has 132 valence electrons. The molecular formula is C19H25N5O. The number of aromatic nitrogens is 3. The minimum absolute atomic E-state index is 0.0479. The van der Waals surface area contributed by atoms with Crippen molar-refractivity contribution in [3.8, 4) is 0 Å². The summed E-state index contributed by atoms with van der Waals surface area (Å²) in [6, 6.07) is 8.05. The van der Waals surface area contributed by atoms with Crippen LogP contribution in [0.5, 0.6) is 0 Å². The number of nitrogens with zero attached hydrogens (tertiary/aromatic N) is 4. The highest BCUT2D eigenvalue weighted by Gasteiger charge is 2.18. The summed E-state index contributed by atoms with van der Waals surface area (Å²) >= 11 is 0. The molecule has 0 saturated heterocycles. The number of nitrogens with two attached hydrogens (primary N) is 1. The van der Waals surface area contributed by atoms with Gasteiger partial charge in [-0.25, -0.2) is 9.50 Å². The van der Waals surface area contributed by atoms with E-state index in [9.17, 15) is 4.79 Å². The van der Waals surface area contributed by atoms with E-state index in [1.54, 1.807) is 11.9 Å². The molecule has 0 radical (unpaired) electrons. The minimum atomic E-state index is 0.0479. The lowest BCUT2D eigenvalue weighted by atomic mass is 10.1. The van der Waals surface area contributed by atoms with E-state index in [2.05, 4.69) is 5.10 Å². The first-order chi connectivity index (χ1) is 11.9. The summed E-state index contributed by atoms with van der Waals surface area (Å²) < 4.78 is 1.89. The molecule has 0 spiro atoms. The molecule has 0 saturated carbocycles. The molecule has 1 atom stereocenters. The quantitative estimate of drug-likeness (QED) is 0.773. The number of amides is 1. The first kappa shape index (κ1) is 17.4. The first-order valence-electron chi connectivity index (χ1n) is 8.63. The number of aryl methyl sites for hydroxylation is 2. The van der Waals surface area contributed by atoms with E-state index in [-0.39, 0.29) is 11.9 Å². The highest BCUT2D eigenvalue weighted by atomic mass is 16.2. The SMILES string of the molecule is Cc1nc2c3ccccc3nn2c(C)c1CCC(=O)N(C)C(C)CN. The fourth-order valence-electron chi connectivity index (χ4n) is 3.15. The Morgan fingerprint density at radius 3 is 2.76 bits per heavy atom. The van der Waals surface area contributed by atoms with Gasteiger partial charge in [0, 0.05) is 42.8 Å². The van der Waals surface area contributed by atoms with E-state index in [0.29, 0.717) is 19.4 Å². The van der Waals surface area contributed by atoms with Crippen LogP contribution in [0.15, 0.2) is 24.3 Å². The summed E-state index contributed by atoms with van der Waals surface area (Å²) in [5, 5.41) is 5.71. The molecule has 3 aromatic rings. The Kier molecular flexibility index (Phi) is 4.72. The third kappa shape index (κ3) is 3.09. The highest BCUT2D eigenvalue weighted by molar-refractivity contribution is 5.92. The molecular weight excluding hydrogens is 314 g/mol. The summed E-state index contributed by atoms with van der Waals surface area (Å²) in [7, 11) is 1.81. The molecule has 1 aromatic carbocycles. The Labute approximate surface area is 147 Å². The van der Waals surface area contributed by atoms with Crippen molar-refractivity contribution in [1.82, 2.24) is 19.5 Å². The Hall–Kier alpha value is -2.47. The molecule has 3 rings (SSSR count). The van der Waals surface area contributed by atoms with Crippen molar-refractivity contribution in [1.29, 1.82) is 0 Å². The van der Waals surface area contributed by atoms with Crippen LogP contribution in [0.25, 0.3) is 16.6 Å². The van der Waals surface area contributed by atoms with Crippen molar-refractivity contribution in [3.05, 3.63) is 41.2 Å². The van der Waals surface area contributed by atoms with Gasteiger partial charge in [-0.1, -0.05) is 12.1 Å². The average Bonchev–Trinajstić information content (AvgIpc) is 2.99. The molecule has 0 fully saturated rings. The lowest BCUT2D eigenvalue weighted by Crippen LogP contribution is -2.39. The zero-order valence-corrected chi connectivity index (χ0v) is 15.3. The van der Waals surface area contributed by atoms with E-state index in [1.165, 1.54) is 0 Å². The molecule has 0 bridgehead atoms. The third-order valence-corrected chi connectivity index (χ3v) is 5.00. The number of benzene rings is 1. The van der Waals surface area contributed by atoms with Crippen molar-refractivity contribution < 1.29 is 4.79 Å². The topological polar surface area (TPSA) is 76.5 Å². The molecule has 1 amide bonds. The van der Waals surface area contributed by atoms with Crippen LogP contribution < -0.4 is 5.73 Å². The highest BCUT2D eigenvalue weighted by Crippen LogP contribution is 2.23. The molecule has 1 unspecified atom stereocenters. The molecule has 2 N–H and O–H groups in total. The fourth-order valence-corrected chi connectivity index (χ4v) is 3.15. The Morgan fingerprint density at radius 2 is 2.04 bits per heavy atom. The molecule has 25 heavy (non-hydrogen) atoms. The van der Waals surface area contributed by atoms with Crippen LogP contribution in [0.2, 0.25) is 0 Å². The van der Waals surface area contributed by atoms with Crippen molar-refractivity contribution in [2.75, 3.05) is 13.6 Å². The Bertz CT molecular complexity index is 930. The van der Waals surface area contributed by atoms with Crippen LogP contribution in [-0.4, -0.2) is 45.0 Å². The van der Waals surface area contributed by atoms with Crippen LogP contribution in [-0.2, 0) is 11.2 Å². The van der Waals surface area contributed by atoms with Gasteiger partial charge in [0.1, 0.15) is 0 Å². The van der Waals surface area contributed by atoms with E-state index in [4.69, 9.17) is 10.7 Å². The van der Waals surface area contributed by atoms with Crippen LogP contribution in [0.4, 0.5) is 0 Å². The Morgan fingerprint density at radius 1 is 1.32 bits per heavy atom. The summed E-state index contributed by atoms with van der Waals surface area (Å²) in [6.45, 7) is 6.46. The van der Waals surface area contributed by atoms with Crippen molar-refractivity contribution in [2.24, 2.45) is 5.73 Å². The maximum absolute atomic E-state index is 12.4. The van der Waals surface area contributed by atoms with Gasteiger partial charge in [0.15, 0.2) is 5.65 Å². The van der Waals surface area contributed by atoms with Gasteiger partial charge in [-0.3, -0.25) is 4.79 Å². The number of rotatable bonds is 5. The van der Waals surface area contributed by atoms with Gasteiger partial charge in [0.25, 0.3) is 0 Å². The van der Waals surface area contributed by atoms with Crippen LogP contribution in [0.3, 0.4) is 0 Å². The Balaban J connectivity index is 1.92. The number of carbonyl (C=O) groups excluding carboxylic acids is 1. The molecule has 6 heteroatoms. The smallest absolute Gasteiger partial charge is 0.222 e. The van der Waals surface area contributed by atoms with Gasteiger partial charge in [-0.15, -0.1) is 0 Å². The summed E-state index contributed by atoms with van der Waals surface area (Å²) in [4.78, 5) is 18.8. The summed E-state index contributed by atoms with van der Waals surface area (Å²) in [5.41, 5.74) is 10.5. The maximum Gasteiger partial charge on any atom is 0.222 e. The monoisotopic (exact) mass is 339 g/mol. The standard InChI is InChI=1S/C19H25N5O/c1-12(11-20)23(4)18(25)10-9-15-13(2)21-19-16-7-5-6-8-17(16)22-24(19)14(15)3/h5-8,12H,9-11,20H2,1-4H3. The second kappa shape index (κ2) is 6.80. The number of fused-ring (bicyclic) bond motifs is 3. The maximum atomic E-state index is 12.4. The van der Waals surface area contributed by atoms with E-state index in [1.807, 2.05) is 49.6 Å². The predicted octanol–water partition coefficient (Wildman–Crippen LogP) is 2.24. The number of carbonyl (C=O) groups is 1. The molecule has 0 aliphatic heterocycles. The molecule has 2 heterocycles. The van der Waals surface area contributed by atoms with Crippen LogP contribution >= 0.6 is 0 Å². The average molecular weight is 339 g/mol. The van der Waals surface area contributed by atoms with Gasteiger partial charge in [-0.2, -0.15) is 5.10 Å². The number of hydrogen-bond acceptors (Lipinski definition) is 4. The largest absolute Gasteiger partial charge is 0.342 e. The molecule has 0 aliphatic rings. The van der Waals surface area contributed by atoms with Gasteiger partial charge in [-0.05, 0) is 44.9 Å². The van der Waals surface area contributed by atoms with Crippen molar-refractivity contribution in [2.45, 2.75) is 39.7 Å². The normalized spacial score (nSPS) is 12.7. The van der Waals surface area contributed by atoms with Gasteiger partial charge < -0.3 is 10.6 Å². The molecule has 0 aliphatic carbocycles. The van der Waals surface area contributed by atoms with E-state index < -0.39 is 0 Å². The van der Waals surface area contributed by atoms with Gasteiger partial charge in [0.2, 0.25) is 5.91 Å². The third-order valence-electron chi connectivity index (χ3n) is 5.00. The van der Waals surface area contributed by atoms with Gasteiger partial charge in [0.05, 0.1) is 5.52 Å². The fraction of sp³-hybridized carbons (Fsp3) is 0.421. The lowest BCUT2D eigenvalue weighted by molar-refractivity contribution is -0.131. The summed E-state index contributed by atoms with van der Waals surface area (Å²) in [6.07, 6.45) is 1.09. The van der Waals surface area contributed by atoms with Crippen molar-refractivity contribution in [3.63, 3.8) is 0 Å². The molecule has 6 nitrogen and oxygen atoms in total. The van der Waals surface area contributed by atoms with Gasteiger partial charge >= 0.3 is 0 Å². The second-order valence-corrected chi connectivity index (χ2v) is 6.60. The van der Waals surface area contributed by atoms with E-state index in [0.717, 1.165) is 33.5 Å². The number of hydrogen-bond donors (Lipinski definition) is 1. The van der Waals surface area contributed by atoms with Crippen molar-refractivity contribution >= 4 is 22.5 Å². The second-order valence-electron chi connectivity index (χ2n) is 6.60. The number of likely N-dealkylation sites (N-methyl/N-ethyl adjacent to an activating group) is 1. The molecule has 2 aromatic heterocycles. The summed E-state index contributed by atoms with van der Waals surface area (Å²) in [5.74, 6) is 0.0995. The van der Waals surface area contributed by atoms with E-state index >= 15 is 0 Å².